The van der Waals surface area contributed by atoms with Crippen LogP contribution >= 0.6 is 23.2 Å². The summed E-state index contributed by atoms with van der Waals surface area (Å²) in [6.45, 7) is 0.227. The van der Waals surface area contributed by atoms with E-state index in [0.717, 1.165) is 10.8 Å². The summed E-state index contributed by atoms with van der Waals surface area (Å²) in [6.07, 6.45) is 3.83. The lowest BCUT2D eigenvalue weighted by Crippen LogP contribution is -2.39. The minimum Gasteiger partial charge on any atom is -0.321 e. The fraction of sp³-hybridized carbons (Fsp3) is 0.0588. The number of nitrogens with one attached hydrogen (secondary N) is 1. The molecule has 0 radical (unpaired) electrons. The molecule has 0 atom stereocenters. The Balaban J connectivity index is 1.73. The molecule has 2 aromatic carbocycles. The van der Waals surface area contributed by atoms with Crippen LogP contribution < -0.4 is 9.88 Å². The summed E-state index contributed by atoms with van der Waals surface area (Å²) in [6, 6.07) is 15.0. The number of rotatable bonds is 3. The van der Waals surface area contributed by atoms with Crippen LogP contribution in [0.4, 0.5) is 5.69 Å². The number of halogens is 2. The molecule has 3 aromatic rings. The molecule has 0 saturated heterocycles. The number of nitrogens with zero attached hydrogens (tertiary/aromatic N) is 1. The Bertz CT molecular complexity index is 849. The Morgan fingerprint density at radius 2 is 1.77 bits per heavy atom. The summed E-state index contributed by atoms with van der Waals surface area (Å²) >= 11 is 11.8. The van der Waals surface area contributed by atoms with Crippen molar-refractivity contribution in [3.05, 3.63) is 71.0 Å². The van der Waals surface area contributed by atoms with Gasteiger partial charge in [-0.2, -0.15) is 4.57 Å². The van der Waals surface area contributed by atoms with E-state index in [9.17, 15) is 4.79 Å². The highest BCUT2D eigenvalue weighted by molar-refractivity contribution is 6.42. The van der Waals surface area contributed by atoms with Gasteiger partial charge in [0.15, 0.2) is 12.4 Å². The molecule has 1 N–H and O–H groups in total. The van der Waals surface area contributed by atoms with Gasteiger partial charge in [0.05, 0.1) is 10.0 Å². The van der Waals surface area contributed by atoms with Gasteiger partial charge in [-0.3, -0.25) is 4.79 Å². The summed E-state index contributed by atoms with van der Waals surface area (Å²) in [5.74, 6) is -0.126. The first kappa shape index (κ1) is 14.8. The summed E-state index contributed by atoms with van der Waals surface area (Å²) in [5, 5.41) is 5.91. The minimum absolute atomic E-state index is 0.126. The lowest BCUT2D eigenvalue weighted by atomic mass is 10.2. The third-order valence-corrected chi connectivity index (χ3v) is 4.02. The van der Waals surface area contributed by atoms with Crippen molar-refractivity contribution in [1.82, 2.24) is 0 Å². The molecule has 5 heteroatoms. The van der Waals surface area contributed by atoms with Gasteiger partial charge in [0.25, 0.3) is 5.91 Å². The molecule has 0 aliphatic rings. The molecule has 0 aliphatic heterocycles. The van der Waals surface area contributed by atoms with Gasteiger partial charge in [0.1, 0.15) is 0 Å². The van der Waals surface area contributed by atoms with E-state index in [1.165, 1.54) is 0 Å². The second-order valence-corrected chi connectivity index (χ2v) is 5.74. The van der Waals surface area contributed by atoms with Gasteiger partial charge in [0.2, 0.25) is 6.54 Å². The maximum Gasteiger partial charge on any atom is 0.290 e. The third-order valence-electron chi connectivity index (χ3n) is 3.28. The van der Waals surface area contributed by atoms with Crippen LogP contribution in [0.15, 0.2) is 60.9 Å². The van der Waals surface area contributed by atoms with Gasteiger partial charge < -0.3 is 5.32 Å². The van der Waals surface area contributed by atoms with E-state index in [1.54, 1.807) is 18.2 Å². The van der Waals surface area contributed by atoms with Gasteiger partial charge >= 0.3 is 0 Å². The Morgan fingerprint density at radius 3 is 2.55 bits per heavy atom. The fourth-order valence-corrected chi connectivity index (χ4v) is 2.51. The zero-order valence-electron chi connectivity index (χ0n) is 11.6. The van der Waals surface area contributed by atoms with Crippen LogP contribution in [0.25, 0.3) is 10.8 Å². The van der Waals surface area contributed by atoms with E-state index >= 15 is 0 Å². The molecule has 3 rings (SSSR count). The van der Waals surface area contributed by atoms with Gasteiger partial charge in [0, 0.05) is 17.1 Å². The third kappa shape index (κ3) is 3.38. The van der Waals surface area contributed by atoms with Crippen molar-refractivity contribution in [3.63, 3.8) is 0 Å². The molecule has 3 nitrogen and oxygen atoms in total. The molecule has 22 heavy (non-hydrogen) atoms. The second-order valence-electron chi connectivity index (χ2n) is 4.92. The van der Waals surface area contributed by atoms with E-state index in [4.69, 9.17) is 23.2 Å². The molecule has 1 aromatic heterocycles. The van der Waals surface area contributed by atoms with E-state index in [2.05, 4.69) is 5.32 Å². The van der Waals surface area contributed by atoms with Crippen LogP contribution in [-0.4, -0.2) is 5.91 Å². The number of amides is 1. The number of anilines is 1. The number of hydrogen-bond donors (Lipinski definition) is 1. The standard InChI is InChI=1S/C17H12Cl2N2O/c18-15-6-5-14(9-16(15)19)20-17(22)11-21-8-7-12-3-1-2-4-13(12)10-21/h1-10H,11H2/p+1. The minimum atomic E-state index is -0.126. The van der Waals surface area contributed by atoms with E-state index < -0.39 is 0 Å². The quantitative estimate of drug-likeness (QED) is 0.721. The topological polar surface area (TPSA) is 33.0 Å². The molecule has 110 valence electrons. The maximum atomic E-state index is 12.1. The number of carbonyl (C=O) groups excluding carboxylic acids is 1. The van der Waals surface area contributed by atoms with Crippen molar-refractivity contribution in [1.29, 1.82) is 0 Å². The van der Waals surface area contributed by atoms with Crippen molar-refractivity contribution >= 4 is 45.6 Å². The van der Waals surface area contributed by atoms with Crippen LogP contribution in [0, 0.1) is 0 Å². The molecule has 0 bridgehead atoms. The largest absolute Gasteiger partial charge is 0.321 e. The highest BCUT2D eigenvalue weighted by atomic mass is 35.5. The smallest absolute Gasteiger partial charge is 0.290 e. The predicted molar refractivity (Wildman–Crippen MR) is 89.2 cm³/mol. The Hall–Kier alpha value is -2.10. The molecule has 0 unspecified atom stereocenters. The molecule has 1 heterocycles. The number of carbonyl (C=O) groups is 1. The van der Waals surface area contributed by atoms with Crippen LogP contribution in [0.3, 0.4) is 0 Å². The Kier molecular flexibility index (Phi) is 4.27. The van der Waals surface area contributed by atoms with Gasteiger partial charge in [-0.1, -0.05) is 41.4 Å². The summed E-state index contributed by atoms with van der Waals surface area (Å²) in [5.41, 5.74) is 0.626. The first-order valence-corrected chi connectivity index (χ1v) is 7.50. The lowest BCUT2D eigenvalue weighted by molar-refractivity contribution is -0.682. The maximum absolute atomic E-state index is 12.1. The van der Waals surface area contributed by atoms with Crippen molar-refractivity contribution in [3.8, 4) is 0 Å². The predicted octanol–water partition coefficient (Wildman–Crippen LogP) is 4.07. The van der Waals surface area contributed by atoms with E-state index in [-0.39, 0.29) is 12.5 Å². The van der Waals surface area contributed by atoms with Crippen LogP contribution in [0.2, 0.25) is 10.0 Å². The average molecular weight is 332 g/mol. The molecule has 0 fully saturated rings. The molecule has 0 aliphatic carbocycles. The normalized spacial score (nSPS) is 10.6. The molecule has 0 saturated carbocycles. The molecular formula is C17H13Cl2N2O+. The van der Waals surface area contributed by atoms with Crippen LogP contribution in [0.1, 0.15) is 0 Å². The molecule has 1 amide bonds. The molecule has 0 spiro atoms. The first-order valence-electron chi connectivity index (χ1n) is 6.74. The summed E-state index contributed by atoms with van der Waals surface area (Å²) in [7, 11) is 0. The number of benzene rings is 2. The average Bonchev–Trinajstić information content (AvgIpc) is 2.51. The fourth-order valence-electron chi connectivity index (χ4n) is 2.22. The van der Waals surface area contributed by atoms with Crippen molar-refractivity contribution in [2.45, 2.75) is 6.54 Å². The van der Waals surface area contributed by atoms with Gasteiger partial charge in [-0.25, -0.2) is 0 Å². The van der Waals surface area contributed by atoms with Gasteiger partial charge in [-0.15, -0.1) is 0 Å². The summed E-state index contributed by atoms with van der Waals surface area (Å²) < 4.78 is 1.84. The van der Waals surface area contributed by atoms with Gasteiger partial charge in [-0.05, 0) is 29.7 Å². The monoisotopic (exact) mass is 331 g/mol. The van der Waals surface area contributed by atoms with Crippen molar-refractivity contribution < 1.29 is 9.36 Å². The number of pyridine rings is 1. The lowest BCUT2D eigenvalue weighted by Gasteiger charge is -2.05. The van der Waals surface area contributed by atoms with E-state index in [0.29, 0.717) is 15.7 Å². The second kappa shape index (κ2) is 6.34. The number of aromatic nitrogens is 1. The van der Waals surface area contributed by atoms with Crippen molar-refractivity contribution in [2.24, 2.45) is 0 Å². The zero-order chi connectivity index (χ0) is 15.5. The Morgan fingerprint density at radius 1 is 1.00 bits per heavy atom. The van der Waals surface area contributed by atoms with Crippen LogP contribution in [0.5, 0.6) is 0 Å². The Labute approximate surface area is 138 Å². The number of fused-ring (bicyclic) bond motifs is 1. The molecular weight excluding hydrogens is 319 g/mol. The van der Waals surface area contributed by atoms with Crippen LogP contribution in [-0.2, 0) is 11.3 Å². The highest BCUT2D eigenvalue weighted by Gasteiger charge is 2.11. The zero-order valence-corrected chi connectivity index (χ0v) is 13.1. The van der Waals surface area contributed by atoms with E-state index in [1.807, 2.05) is 47.3 Å². The first-order chi connectivity index (χ1) is 10.6. The summed E-state index contributed by atoms with van der Waals surface area (Å²) in [4.78, 5) is 12.1. The SMILES string of the molecule is O=C(C[n+]1ccc2ccccc2c1)Nc1ccc(Cl)c(Cl)c1. The highest BCUT2D eigenvalue weighted by Crippen LogP contribution is 2.24. The van der Waals surface area contributed by atoms with Crippen molar-refractivity contribution in [2.75, 3.05) is 5.32 Å². The number of hydrogen-bond acceptors (Lipinski definition) is 1.